The minimum Gasteiger partial charge on any atom is -0.439 e. The number of ether oxygens (including phenoxy) is 1. The molecular formula is C19H19NO. The van der Waals surface area contributed by atoms with Gasteiger partial charge in [0.25, 0.3) is 0 Å². The molecule has 106 valence electrons. The van der Waals surface area contributed by atoms with E-state index in [1.165, 1.54) is 21.9 Å². The first-order chi connectivity index (χ1) is 10.1. The SMILES string of the molecule is Cc1ccc(C(C)C)c2cc(Oc3ccccc3)ncc12. The molecule has 2 aromatic carbocycles. The van der Waals surface area contributed by atoms with Crippen LogP contribution < -0.4 is 4.74 Å². The van der Waals surface area contributed by atoms with E-state index in [9.17, 15) is 0 Å². The van der Waals surface area contributed by atoms with Crippen LogP contribution in [-0.2, 0) is 0 Å². The quantitative estimate of drug-likeness (QED) is 0.634. The highest BCUT2D eigenvalue weighted by molar-refractivity contribution is 5.89. The van der Waals surface area contributed by atoms with E-state index in [1.807, 2.05) is 42.6 Å². The smallest absolute Gasteiger partial charge is 0.219 e. The normalized spacial score (nSPS) is 11.0. The molecular weight excluding hydrogens is 258 g/mol. The lowest BCUT2D eigenvalue weighted by Gasteiger charge is -2.13. The molecule has 0 radical (unpaired) electrons. The highest BCUT2D eigenvalue weighted by Crippen LogP contribution is 2.30. The zero-order valence-corrected chi connectivity index (χ0v) is 12.6. The number of hydrogen-bond donors (Lipinski definition) is 0. The molecule has 1 heterocycles. The maximum Gasteiger partial charge on any atom is 0.219 e. The average molecular weight is 277 g/mol. The minimum absolute atomic E-state index is 0.472. The van der Waals surface area contributed by atoms with Crippen LogP contribution in [0, 0.1) is 6.92 Å². The summed E-state index contributed by atoms with van der Waals surface area (Å²) in [7, 11) is 0. The molecule has 21 heavy (non-hydrogen) atoms. The van der Waals surface area contributed by atoms with Gasteiger partial charge in [0.15, 0.2) is 0 Å². The van der Waals surface area contributed by atoms with Gasteiger partial charge in [-0.15, -0.1) is 0 Å². The van der Waals surface area contributed by atoms with Crippen LogP contribution in [0.3, 0.4) is 0 Å². The van der Waals surface area contributed by atoms with Gasteiger partial charge in [-0.3, -0.25) is 0 Å². The highest BCUT2D eigenvalue weighted by Gasteiger charge is 2.09. The van der Waals surface area contributed by atoms with Crippen molar-refractivity contribution < 1.29 is 4.74 Å². The molecule has 0 atom stereocenters. The summed E-state index contributed by atoms with van der Waals surface area (Å²) < 4.78 is 5.85. The molecule has 0 aliphatic rings. The van der Waals surface area contributed by atoms with Crippen molar-refractivity contribution in [2.75, 3.05) is 0 Å². The summed E-state index contributed by atoms with van der Waals surface area (Å²) >= 11 is 0. The minimum atomic E-state index is 0.472. The van der Waals surface area contributed by atoms with Crippen LogP contribution in [0.4, 0.5) is 0 Å². The number of aromatic nitrogens is 1. The summed E-state index contributed by atoms with van der Waals surface area (Å²) in [6.07, 6.45) is 1.91. The zero-order valence-electron chi connectivity index (χ0n) is 12.6. The van der Waals surface area contributed by atoms with Crippen molar-refractivity contribution in [2.45, 2.75) is 26.7 Å². The standard InChI is InChI=1S/C19H19NO/c1-13(2)16-10-9-14(3)18-12-20-19(11-17(16)18)21-15-7-5-4-6-8-15/h4-13H,1-3H3. The Morgan fingerprint density at radius 1 is 0.952 bits per heavy atom. The van der Waals surface area contributed by atoms with Crippen LogP contribution in [-0.4, -0.2) is 4.98 Å². The molecule has 0 spiro atoms. The molecule has 2 nitrogen and oxygen atoms in total. The average Bonchev–Trinajstić information content (AvgIpc) is 2.48. The Kier molecular flexibility index (Phi) is 3.61. The third-order valence-corrected chi connectivity index (χ3v) is 3.72. The first kappa shape index (κ1) is 13.6. The Morgan fingerprint density at radius 3 is 2.43 bits per heavy atom. The molecule has 3 rings (SSSR count). The van der Waals surface area contributed by atoms with Crippen molar-refractivity contribution >= 4 is 10.8 Å². The largest absolute Gasteiger partial charge is 0.439 e. The topological polar surface area (TPSA) is 22.1 Å². The maximum atomic E-state index is 5.85. The van der Waals surface area contributed by atoms with Crippen LogP contribution in [0.15, 0.2) is 54.7 Å². The molecule has 0 aliphatic heterocycles. The highest BCUT2D eigenvalue weighted by atomic mass is 16.5. The molecule has 0 bridgehead atoms. The number of hydrogen-bond acceptors (Lipinski definition) is 2. The van der Waals surface area contributed by atoms with Crippen LogP contribution in [0.1, 0.15) is 30.9 Å². The molecule has 0 saturated carbocycles. The van der Waals surface area contributed by atoms with Gasteiger partial charge in [-0.2, -0.15) is 0 Å². The molecule has 2 heteroatoms. The fraction of sp³-hybridized carbons (Fsp3) is 0.211. The Balaban J connectivity index is 2.08. The Hall–Kier alpha value is -2.35. The van der Waals surface area contributed by atoms with E-state index in [0.29, 0.717) is 11.8 Å². The van der Waals surface area contributed by atoms with Crippen molar-refractivity contribution in [3.63, 3.8) is 0 Å². The van der Waals surface area contributed by atoms with E-state index in [0.717, 1.165) is 5.75 Å². The van der Waals surface area contributed by atoms with E-state index in [4.69, 9.17) is 4.74 Å². The van der Waals surface area contributed by atoms with Crippen molar-refractivity contribution in [3.8, 4) is 11.6 Å². The predicted molar refractivity (Wildman–Crippen MR) is 87.1 cm³/mol. The Bertz CT molecular complexity index is 763. The molecule has 0 unspecified atom stereocenters. The van der Waals surface area contributed by atoms with Gasteiger partial charge < -0.3 is 4.74 Å². The van der Waals surface area contributed by atoms with Crippen LogP contribution in [0.25, 0.3) is 10.8 Å². The molecule has 3 aromatic rings. The number of aryl methyl sites for hydroxylation is 1. The summed E-state index contributed by atoms with van der Waals surface area (Å²) in [4.78, 5) is 4.44. The third-order valence-electron chi connectivity index (χ3n) is 3.72. The predicted octanol–water partition coefficient (Wildman–Crippen LogP) is 5.46. The van der Waals surface area contributed by atoms with Crippen LogP contribution in [0.2, 0.25) is 0 Å². The number of benzene rings is 2. The van der Waals surface area contributed by atoms with Gasteiger partial charge in [0, 0.05) is 17.6 Å². The second-order valence-corrected chi connectivity index (χ2v) is 5.61. The van der Waals surface area contributed by atoms with Crippen LogP contribution in [0.5, 0.6) is 11.6 Å². The zero-order chi connectivity index (χ0) is 14.8. The summed E-state index contributed by atoms with van der Waals surface area (Å²) in [6.45, 7) is 6.54. The van der Waals surface area contributed by atoms with E-state index < -0.39 is 0 Å². The van der Waals surface area contributed by atoms with Crippen molar-refractivity contribution in [2.24, 2.45) is 0 Å². The lowest BCUT2D eigenvalue weighted by Crippen LogP contribution is -1.94. The Morgan fingerprint density at radius 2 is 1.71 bits per heavy atom. The summed E-state index contributed by atoms with van der Waals surface area (Å²) in [5.74, 6) is 1.92. The number of pyridine rings is 1. The fourth-order valence-electron chi connectivity index (χ4n) is 2.55. The van der Waals surface area contributed by atoms with Gasteiger partial charge in [0.2, 0.25) is 5.88 Å². The van der Waals surface area contributed by atoms with E-state index in [-0.39, 0.29) is 0 Å². The second kappa shape index (κ2) is 5.57. The molecule has 0 amide bonds. The van der Waals surface area contributed by atoms with Crippen molar-refractivity contribution in [3.05, 3.63) is 65.9 Å². The van der Waals surface area contributed by atoms with Gasteiger partial charge in [-0.1, -0.05) is 44.2 Å². The number of rotatable bonds is 3. The molecule has 1 aromatic heterocycles. The van der Waals surface area contributed by atoms with Gasteiger partial charge in [0.1, 0.15) is 5.75 Å². The maximum absolute atomic E-state index is 5.85. The third kappa shape index (κ3) is 2.75. The van der Waals surface area contributed by atoms with Gasteiger partial charge >= 0.3 is 0 Å². The lowest BCUT2D eigenvalue weighted by atomic mass is 9.95. The number of fused-ring (bicyclic) bond motifs is 1. The van der Waals surface area contributed by atoms with Crippen molar-refractivity contribution in [1.82, 2.24) is 4.98 Å². The van der Waals surface area contributed by atoms with E-state index in [2.05, 4.69) is 37.9 Å². The van der Waals surface area contributed by atoms with Gasteiger partial charge in [-0.25, -0.2) is 4.98 Å². The van der Waals surface area contributed by atoms with Gasteiger partial charge in [-0.05, 0) is 41.5 Å². The number of nitrogens with zero attached hydrogens (tertiary/aromatic N) is 1. The monoisotopic (exact) mass is 277 g/mol. The molecule has 0 saturated heterocycles. The lowest BCUT2D eigenvalue weighted by molar-refractivity contribution is 0.464. The molecule has 0 N–H and O–H groups in total. The second-order valence-electron chi connectivity index (χ2n) is 5.61. The van der Waals surface area contributed by atoms with Crippen LogP contribution >= 0.6 is 0 Å². The Labute approximate surface area is 125 Å². The summed E-state index contributed by atoms with van der Waals surface area (Å²) in [6, 6.07) is 16.2. The first-order valence-corrected chi connectivity index (χ1v) is 7.27. The van der Waals surface area contributed by atoms with Crippen molar-refractivity contribution in [1.29, 1.82) is 0 Å². The molecule has 0 fully saturated rings. The van der Waals surface area contributed by atoms with E-state index in [1.54, 1.807) is 0 Å². The summed E-state index contributed by atoms with van der Waals surface area (Å²) in [5.41, 5.74) is 2.57. The first-order valence-electron chi connectivity index (χ1n) is 7.27. The number of para-hydroxylation sites is 1. The fourth-order valence-corrected chi connectivity index (χ4v) is 2.55. The summed E-state index contributed by atoms with van der Waals surface area (Å²) in [5, 5.41) is 2.42. The van der Waals surface area contributed by atoms with E-state index >= 15 is 0 Å². The molecule has 0 aliphatic carbocycles. The van der Waals surface area contributed by atoms with Gasteiger partial charge in [0.05, 0.1) is 0 Å².